The zero-order valence-corrected chi connectivity index (χ0v) is 13.4. The van der Waals surface area contributed by atoms with Crippen molar-refractivity contribution < 1.29 is 9.53 Å². The highest BCUT2D eigenvalue weighted by molar-refractivity contribution is 9.10. The molecule has 3 N–H and O–H groups in total. The van der Waals surface area contributed by atoms with Crippen molar-refractivity contribution in [1.29, 1.82) is 0 Å². The minimum atomic E-state index is -0.503. The standard InChI is InChI=1S/C15H14BrClN2O2/c16-14-5-4-11(17)6-10(14)8-19-12-2-1-3-13(7-12)21-9-15(18)20/h1-7,19H,8-9H2,(H2,18,20). The van der Waals surface area contributed by atoms with Gasteiger partial charge < -0.3 is 15.8 Å². The van der Waals surface area contributed by atoms with Crippen molar-refractivity contribution in [2.75, 3.05) is 11.9 Å². The van der Waals surface area contributed by atoms with Crippen LogP contribution in [0.3, 0.4) is 0 Å². The van der Waals surface area contributed by atoms with E-state index in [0.717, 1.165) is 15.7 Å². The molecular formula is C15H14BrClN2O2. The first kappa shape index (κ1) is 15.7. The van der Waals surface area contributed by atoms with Crippen molar-refractivity contribution in [3.8, 4) is 5.75 Å². The van der Waals surface area contributed by atoms with Gasteiger partial charge in [0.1, 0.15) is 5.75 Å². The monoisotopic (exact) mass is 368 g/mol. The first-order chi connectivity index (χ1) is 10.0. The smallest absolute Gasteiger partial charge is 0.255 e. The molecule has 0 atom stereocenters. The number of carbonyl (C=O) groups is 1. The van der Waals surface area contributed by atoms with Crippen LogP contribution in [0.25, 0.3) is 0 Å². The molecule has 2 rings (SSSR count). The van der Waals surface area contributed by atoms with Crippen molar-refractivity contribution in [1.82, 2.24) is 0 Å². The van der Waals surface area contributed by atoms with E-state index >= 15 is 0 Å². The Hall–Kier alpha value is -1.72. The zero-order chi connectivity index (χ0) is 15.2. The van der Waals surface area contributed by atoms with Crippen molar-refractivity contribution >= 4 is 39.1 Å². The largest absolute Gasteiger partial charge is 0.484 e. The Labute approximate surface area is 136 Å². The van der Waals surface area contributed by atoms with Crippen molar-refractivity contribution in [3.63, 3.8) is 0 Å². The van der Waals surface area contributed by atoms with Crippen LogP contribution in [0.5, 0.6) is 5.75 Å². The SMILES string of the molecule is NC(=O)COc1cccc(NCc2cc(Cl)ccc2Br)c1. The number of rotatable bonds is 6. The van der Waals surface area contributed by atoms with Gasteiger partial charge in [-0.15, -0.1) is 0 Å². The van der Waals surface area contributed by atoms with Crippen LogP contribution in [0.2, 0.25) is 5.02 Å². The summed E-state index contributed by atoms with van der Waals surface area (Å²) in [7, 11) is 0. The molecule has 0 aromatic heterocycles. The predicted octanol–water partition coefficient (Wildman–Crippen LogP) is 3.58. The molecule has 0 fully saturated rings. The van der Waals surface area contributed by atoms with E-state index in [9.17, 15) is 4.79 Å². The zero-order valence-electron chi connectivity index (χ0n) is 11.1. The molecule has 0 saturated heterocycles. The molecule has 0 radical (unpaired) electrons. The first-order valence-electron chi connectivity index (χ1n) is 6.23. The van der Waals surface area contributed by atoms with Gasteiger partial charge in [0.15, 0.2) is 6.61 Å². The quantitative estimate of drug-likeness (QED) is 0.818. The number of ether oxygens (including phenoxy) is 1. The maximum Gasteiger partial charge on any atom is 0.255 e. The van der Waals surface area contributed by atoms with Crippen LogP contribution in [-0.2, 0) is 11.3 Å². The highest BCUT2D eigenvalue weighted by atomic mass is 79.9. The normalized spacial score (nSPS) is 10.2. The predicted molar refractivity (Wildman–Crippen MR) is 87.6 cm³/mol. The molecule has 0 aliphatic rings. The van der Waals surface area contributed by atoms with Gasteiger partial charge in [0, 0.05) is 27.8 Å². The second-order valence-electron chi connectivity index (χ2n) is 4.37. The Morgan fingerprint density at radius 2 is 2.10 bits per heavy atom. The molecule has 4 nitrogen and oxygen atoms in total. The minimum Gasteiger partial charge on any atom is -0.484 e. The molecule has 0 aliphatic carbocycles. The van der Waals surface area contributed by atoms with E-state index in [1.807, 2.05) is 30.3 Å². The summed E-state index contributed by atoms with van der Waals surface area (Å²) in [6, 6.07) is 13.0. The van der Waals surface area contributed by atoms with E-state index in [0.29, 0.717) is 17.3 Å². The molecule has 21 heavy (non-hydrogen) atoms. The third kappa shape index (κ3) is 4.95. The summed E-state index contributed by atoms with van der Waals surface area (Å²) < 4.78 is 6.24. The Bertz CT molecular complexity index is 649. The number of primary amides is 1. The van der Waals surface area contributed by atoms with Crippen molar-refractivity contribution in [2.24, 2.45) is 5.73 Å². The lowest BCUT2D eigenvalue weighted by Gasteiger charge is -2.10. The van der Waals surface area contributed by atoms with Gasteiger partial charge in [-0.1, -0.05) is 33.6 Å². The number of hydrogen-bond donors (Lipinski definition) is 2. The van der Waals surface area contributed by atoms with E-state index in [2.05, 4.69) is 21.2 Å². The Kier molecular flexibility index (Phi) is 5.47. The molecule has 1 amide bonds. The minimum absolute atomic E-state index is 0.136. The summed E-state index contributed by atoms with van der Waals surface area (Å²) in [6.45, 7) is 0.476. The number of hydrogen-bond acceptors (Lipinski definition) is 3. The number of nitrogens with two attached hydrogens (primary N) is 1. The number of anilines is 1. The molecule has 2 aromatic carbocycles. The van der Waals surface area contributed by atoms with Crippen LogP contribution >= 0.6 is 27.5 Å². The maximum absolute atomic E-state index is 10.7. The molecular weight excluding hydrogens is 356 g/mol. The van der Waals surface area contributed by atoms with Crippen molar-refractivity contribution in [2.45, 2.75) is 6.54 Å². The van der Waals surface area contributed by atoms with E-state index in [-0.39, 0.29) is 6.61 Å². The number of carbonyl (C=O) groups excluding carboxylic acids is 1. The number of nitrogens with one attached hydrogen (secondary N) is 1. The molecule has 6 heteroatoms. The molecule has 0 spiro atoms. The summed E-state index contributed by atoms with van der Waals surface area (Å²) in [5.41, 5.74) is 6.97. The third-order valence-corrected chi connectivity index (χ3v) is 3.71. The Balaban J connectivity index is 2.01. The van der Waals surface area contributed by atoms with Crippen LogP contribution in [0.1, 0.15) is 5.56 Å². The lowest BCUT2D eigenvalue weighted by molar-refractivity contribution is -0.119. The van der Waals surface area contributed by atoms with Gasteiger partial charge in [-0.25, -0.2) is 0 Å². The average molecular weight is 370 g/mol. The van der Waals surface area contributed by atoms with E-state index < -0.39 is 5.91 Å². The summed E-state index contributed by atoms with van der Waals surface area (Å²) >= 11 is 9.47. The molecule has 0 aliphatic heterocycles. The Morgan fingerprint density at radius 1 is 1.29 bits per heavy atom. The van der Waals surface area contributed by atoms with Crippen LogP contribution in [-0.4, -0.2) is 12.5 Å². The number of amides is 1. The van der Waals surface area contributed by atoms with Gasteiger partial charge in [0.25, 0.3) is 5.91 Å². The van der Waals surface area contributed by atoms with Crippen LogP contribution in [0.4, 0.5) is 5.69 Å². The van der Waals surface area contributed by atoms with Crippen LogP contribution in [0, 0.1) is 0 Å². The molecule has 0 bridgehead atoms. The molecule has 0 saturated carbocycles. The van der Waals surface area contributed by atoms with Crippen LogP contribution < -0.4 is 15.8 Å². The second kappa shape index (κ2) is 7.33. The highest BCUT2D eigenvalue weighted by Crippen LogP contribution is 2.23. The summed E-state index contributed by atoms with van der Waals surface area (Å²) in [5, 5.41) is 3.96. The Morgan fingerprint density at radius 3 is 2.86 bits per heavy atom. The molecule has 2 aromatic rings. The number of halogens is 2. The first-order valence-corrected chi connectivity index (χ1v) is 7.40. The third-order valence-electron chi connectivity index (χ3n) is 2.71. The fraction of sp³-hybridized carbons (Fsp3) is 0.133. The summed E-state index contributed by atoms with van der Waals surface area (Å²) in [5.74, 6) is 0.0835. The van der Waals surface area contributed by atoms with Gasteiger partial charge >= 0.3 is 0 Å². The number of benzene rings is 2. The fourth-order valence-corrected chi connectivity index (χ4v) is 2.31. The van der Waals surface area contributed by atoms with Gasteiger partial charge in [-0.3, -0.25) is 4.79 Å². The maximum atomic E-state index is 10.7. The lowest BCUT2D eigenvalue weighted by atomic mass is 10.2. The van der Waals surface area contributed by atoms with Gasteiger partial charge in [0.2, 0.25) is 0 Å². The van der Waals surface area contributed by atoms with Gasteiger partial charge in [-0.05, 0) is 35.9 Å². The van der Waals surface area contributed by atoms with Crippen LogP contribution in [0.15, 0.2) is 46.9 Å². The van der Waals surface area contributed by atoms with E-state index in [1.54, 1.807) is 12.1 Å². The highest BCUT2D eigenvalue weighted by Gasteiger charge is 2.03. The lowest BCUT2D eigenvalue weighted by Crippen LogP contribution is -2.20. The summed E-state index contributed by atoms with van der Waals surface area (Å²) in [6.07, 6.45) is 0. The van der Waals surface area contributed by atoms with E-state index in [1.165, 1.54) is 0 Å². The van der Waals surface area contributed by atoms with E-state index in [4.69, 9.17) is 22.1 Å². The van der Waals surface area contributed by atoms with Crippen molar-refractivity contribution in [3.05, 3.63) is 57.5 Å². The molecule has 110 valence electrons. The van der Waals surface area contributed by atoms with Gasteiger partial charge in [-0.2, -0.15) is 0 Å². The molecule has 0 unspecified atom stereocenters. The average Bonchev–Trinajstić information content (AvgIpc) is 2.46. The van der Waals surface area contributed by atoms with Gasteiger partial charge in [0.05, 0.1) is 0 Å². The topological polar surface area (TPSA) is 64.4 Å². The second-order valence-corrected chi connectivity index (χ2v) is 5.66. The molecule has 0 heterocycles. The summed E-state index contributed by atoms with van der Waals surface area (Å²) in [4.78, 5) is 10.7. The fourth-order valence-electron chi connectivity index (χ4n) is 1.73.